The van der Waals surface area contributed by atoms with Crippen molar-refractivity contribution in [2.75, 3.05) is 12.8 Å². The van der Waals surface area contributed by atoms with E-state index < -0.39 is 16.1 Å². The summed E-state index contributed by atoms with van der Waals surface area (Å²) in [4.78, 5) is 15.2. The number of hydrogen-bond acceptors (Lipinski definition) is 4. The third kappa shape index (κ3) is 5.58. The minimum absolute atomic E-state index is 0.0626. The number of nitrogens with one attached hydrogen (secondary N) is 1. The normalized spacial score (nSPS) is 15.0. The third-order valence-electron chi connectivity index (χ3n) is 6.30. The molecular formula is C27H29N3O3S. The lowest BCUT2D eigenvalue weighted by Crippen LogP contribution is -2.49. The molecule has 3 N–H and O–H groups in total. The molecule has 0 radical (unpaired) electrons. The van der Waals surface area contributed by atoms with E-state index in [2.05, 4.69) is 16.6 Å². The highest BCUT2D eigenvalue weighted by molar-refractivity contribution is 7.89. The smallest absolute Gasteiger partial charge is 0.241 e. The summed E-state index contributed by atoms with van der Waals surface area (Å²) in [5.41, 5.74) is 7.11. The van der Waals surface area contributed by atoms with Crippen LogP contribution in [0.5, 0.6) is 0 Å². The van der Waals surface area contributed by atoms with Gasteiger partial charge in [-0.3, -0.25) is 4.79 Å². The van der Waals surface area contributed by atoms with Crippen LogP contribution in [0.25, 0.3) is 10.8 Å². The molecule has 1 atom stereocenters. The van der Waals surface area contributed by atoms with Crippen molar-refractivity contribution in [1.82, 2.24) is 9.62 Å². The monoisotopic (exact) mass is 475 g/mol. The van der Waals surface area contributed by atoms with Crippen LogP contribution in [-0.2, 0) is 14.8 Å². The van der Waals surface area contributed by atoms with Gasteiger partial charge in [-0.25, -0.2) is 8.42 Å². The molecule has 0 unspecified atom stereocenters. The maximum absolute atomic E-state index is 13.4. The molecule has 0 aliphatic heterocycles. The molecule has 0 heterocycles. The lowest BCUT2D eigenvalue weighted by atomic mass is 10.1. The lowest BCUT2D eigenvalue weighted by molar-refractivity contribution is -0.133. The van der Waals surface area contributed by atoms with Gasteiger partial charge in [0.25, 0.3) is 0 Å². The topological polar surface area (TPSA) is 92.5 Å². The largest absolute Gasteiger partial charge is 0.399 e. The second kappa shape index (κ2) is 10.3. The highest BCUT2D eigenvalue weighted by atomic mass is 32.2. The number of amides is 1. The van der Waals surface area contributed by atoms with E-state index in [1.165, 1.54) is 0 Å². The first-order valence-electron chi connectivity index (χ1n) is 11.5. The van der Waals surface area contributed by atoms with Crippen LogP contribution >= 0.6 is 0 Å². The Labute approximate surface area is 201 Å². The highest BCUT2D eigenvalue weighted by Gasteiger charge is 2.31. The Bertz CT molecular complexity index is 1330. The predicted molar refractivity (Wildman–Crippen MR) is 135 cm³/mol. The summed E-state index contributed by atoms with van der Waals surface area (Å²) < 4.78 is 29.2. The molecule has 1 aliphatic rings. The van der Waals surface area contributed by atoms with Gasteiger partial charge in [-0.05, 0) is 60.0 Å². The number of rotatable bonds is 6. The Hall–Kier alpha value is -3.34. The Morgan fingerprint density at radius 3 is 2.44 bits per heavy atom. The SMILES string of the molecule is CN(C(=O)[C@H](CC#Cc1ccc(N)cc1)NS(=O)(=O)c1ccc2ccccc2c1)C1CCCC1. The van der Waals surface area contributed by atoms with Crippen molar-refractivity contribution in [2.45, 2.75) is 49.1 Å². The van der Waals surface area contributed by atoms with Gasteiger partial charge in [0.15, 0.2) is 0 Å². The van der Waals surface area contributed by atoms with Crippen LogP contribution in [0.1, 0.15) is 37.7 Å². The van der Waals surface area contributed by atoms with Gasteiger partial charge in [-0.2, -0.15) is 4.72 Å². The molecule has 0 spiro atoms. The summed E-state index contributed by atoms with van der Waals surface area (Å²) in [7, 11) is -2.18. The standard InChI is InChI=1S/C27H29N3O3S/c1-30(24-10-4-5-11-24)27(31)26(12-6-7-20-13-16-23(28)17-14-20)29-34(32,33)25-18-15-21-8-2-3-9-22(21)19-25/h2-3,8-9,13-19,24,26,29H,4-5,10-12,28H2,1H3/t26-/m0/s1. The average Bonchev–Trinajstić information content (AvgIpc) is 3.38. The number of sulfonamides is 1. The molecule has 0 aromatic heterocycles. The van der Waals surface area contributed by atoms with E-state index in [0.29, 0.717) is 5.69 Å². The molecule has 3 aromatic carbocycles. The summed E-state index contributed by atoms with van der Waals surface area (Å²) in [6.07, 6.45) is 4.08. The van der Waals surface area contributed by atoms with Crippen molar-refractivity contribution in [3.63, 3.8) is 0 Å². The van der Waals surface area contributed by atoms with Crippen LogP contribution in [0.3, 0.4) is 0 Å². The number of nitrogens with two attached hydrogens (primary N) is 1. The van der Waals surface area contributed by atoms with Gasteiger partial charge >= 0.3 is 0 Å². The van der Waals surface area contributed by atoms with Crippen molar-refractivity contribution in [3.8, 4) is 11.8 Å². The van der Waals surface area contributed by atoms with Crippen molar-refractivity contribution < 1.29 is 13.2 Å². The van der Waals surface area contributed by atoms with E-state index in [4.69, 9.17) is 5.73 Å². The number of fused-ring (bicyclic) bond motifs is 1. The maximum Gasteiger partial charge on any atom is 0.241 e. The van der Waals surface area contributed by atoms with Crippen molar-refractivity contribution in [2.24, 2.45) is 0 Å². The first kappa shape index (κ1) is 23.8. The second-order valence-corrected chi connectivity index (χ2v) is 10.4. The number of carbonyl (C=O) groups excluding carboxylic acids is 1. The Kier molecular flexibility index (Phi) is 7.20. The predicted octanol–water partition coefficient (Wildman–Crippen LogP) is 3.91. The fourth-order valence-electron chi connectivity index (χ4n) is 4.31. The van der Waals surface area contributed by atoms with E-state index in [-0.39, 0.29) is 23.3 Å². The molecule has 4 rings (SSSR count). The molecule has 1 amide bonds. The minimum Gasteiger partial charge on any atom is -0.399 e. The van der Waals surface area contributed by atoms with E-state index in [1.54, 1.807) is 54.4 Å². The van der Waals surface area contributed by atoms with Crippen molar-refractivity contribution in [1.29, 1.82) is 0 Å². The van der Waals surface area contributed by atoms with E-state index in [0.717, 1.165) is 42.0 Å². The molecule has 3 aromatic rings. The number of nitrogens with zero attached hydrogens (tertiary/aromatic N) is 1. The van der Waals surface area contributed by atoms with Gasteiger partial charge in [-0.1, -0.05) is 55.0 Å². The number of anilines is 1. The average molecular weight is 476 g/mol. The van der Waals surface area contributed by atoms with E-state index in [9.17, 15) is 13.2 Å². The zero-order valence-electron chi connectivity index (χ0n) is 19.2. The summed E-state index contributed by atoms with van der Waals surface area (Å²) in [5, 5.41) is 1.77. The number of hydrogen-bond donors (Lipinski definition) is 2. The highest BCUT2D eigenvalue weighted by Crippen LogP contribution is 2.24. The molecule has 0 bridgehead atoms. The van der Waals surface area contributed by atoms with Crippen molar-refractivity contribution in [3.05, 3.63) is 72.3 Å². The molecule has 6 nitrogen and oxygen atoms in total. The summed E-state index contributed by atoms with van der Waals surface area (Å²) in [6, 6.07) is 18.8. The van der Waals surface area contributed by atoms with Gasteiger partial charge in [0.1, 0.15) is 6.04 Å². The number of nitrogen functional groups attached to an aromatic ring is 1. The number of benzene rings is 3. The molecule has 7 heteroatoms. The molecule has 0 saturated heterocycles. The van der Waals surface area contributed by atoms with Crippen LogP contribution in [0.4, 0.5) is 5.69 Å². The fraction of sp³-hybridized carbons (Fsp3) is 0.296. The molecule has 1 aliphatic carbocycles. The minimum atomic E-state index is -3.94. The molecule has 1 fully saturated rings. The van der Waals surface area contributed by atoms with Crippen LogP contribution in [0.2, 0.25) is 0 Å². The Morgan fingerprint density at radius 2 is 1.74 bits per heavy atom. The Morgan fingerprint density at radius 1 is 1.06 bits per heavy atom. The van der Waals surface area contributed by atoms with Gasteiger partial charge in [0.2, 0.25) is 15.9 Å². The first-order chi connectivity index (χ1) is 16.3. The van der Waals surface area contributed by atoms with Gasteiger partial charge in [-0.15, -0.1) is 0 Å². The van der Waals surface area contributed by atoms with Crippen LogP contribution < -0.4 is 10.5 Å². The third-order valence-corrected chi connectivity index (χ3v) is 7.77. The van der Waals surface area contributed by atoms with Crippen LogP contribution in [0.15, 0.2) is 71.6 Å². The summed E-state index contributed by atoms with van der Waals surface area (Å²) in [5.74, 6) is 5.73. The molecule has 34 heavy (non-hydrogen) atoms. The maximum atomic E-state index is 13.4. The van der Waals surface area contributed by atoms with Crippen molar-refractivity contribution >= 4 is 32.4 Å². The lowest BCUT2D eigenvalue weighted by Gasteiger charge is -2.28. The van der Waals surface area contributed by atoms with Gasteiger partial charge in [0.05, 0.1) is 4.90 Å². The van der Waals surface area contributed by atoms with Gasteiger partial charge < -0.3 is 10.6 Å². The van der Waals surface area contributed by atoms with Gasteiger partial charge in [0, 0.05) is 30.8 Å². The summed E-state index contributed by atoms with van der Waals surface area (Å²) in [6.45, 7) is 0. The molecule has 1 saturated carbocycles. The quantitative estimate of drug-likeness (QED) is 0.418. The van der Waals surface area contributed by atoms with E-state index >= 15 is 0 Å². The summed E-state index contributed by atoms with van der Waals surface area (Å²) >= 11 is 0. The molecule has 176 valence electrons. The molecular weight excluding hydrogens is 446 g/mol. The van der Waals surface area contributed by atoms with E-state index in [1.807, 2.05) is 24.3 Å². The zero-order valence-corrected chi connectivity index (χ0v) is 20.0. The number of carbonyl (C=O) groups is 1. The second-order valence-electron chi connectivity index (χ2n) is 8.70. The Balaban J connectivity index is 1.59. The van der Waals surface area contributed by atoms with Crippen LogP contribution in [-0.4, -0.2) is 38.4 Å². The number of likely N-dealkylation sites (N-methyl/N-ethyl adjacent to an activating group) is 1. The van der Waals surface area contributed by atoms with Crippen LogP contribution in [0, 0.1) is 11.8 Å². The zero-order chi connectivity index (χ0) is 24.1. The fourth-order valence-corrected chi connectivity index (χ4v) is 5.53. The first-order valence-corrected chi connectivity index (χ1v) is 12.9.